The van der Waals surface area contributed by atoms with Crippen molar-refractivity contribution >= 4 is 5.97 Å². The Morgan fingerprint density at radius 3 is 1.67 bits per heavy atom. The van der Waals surface area contributed by atoms with Crippen molar-refractivity contribution in [1.82, 2.24) is 0 Å². The second-order valence-corrected chi connectivity index (χ2v) is 5.66. The molecule has 0 atom stereocenters. The van der Waals surface area contributed by atoms with Crippen molar-refractivity contribution in [2.75, 3.05) is 0 Å². The van der Waals surface area contributed by atoms with E-state index < -0.39 is 5.97 Å². The van der Waals surface area contributed by atoms with Crippen molar-refractivity contribution in [3.63, 3.8) is 0 Å². The van der Waals surface area contributed by atoms with Crippen LogP contribution < -0.4 is 5.11 Å². The van der Waals surface area contributed by atoms with E-state index in [4.69, 9.17) is 0 Å². The maximum Gasteiger partial charge on any atom is 0.0668 e. The van der Waals surface area contributed by atoms with Crippen molar-refractivity contribution in [3.05, 3.63) is 11.6 Å². The summed E-state index contributed by atoms with van der Waals surface area (Å²) in [5.41, 5.74) is 0.409. The minimum absolute atomic E-state index is 0.409. The first-order valence-electron chi connectivity index (χ1n) is 7.60. The summed E-state index contributed by atoms with van der Waals surface area (Å²) in [6, 6.07) is 0. The summed E-state index contributed by atoms with van der Waals surface area (Å²) in [5.74, 6) is -0.566. The average Bonchev–Trinajstić information content (AvgIpc) is 2.32. The zero-order valence-corrected chi connectivity index (χ0v) is 11.7. The summed E-state index contributed by atoms with van der Waals surface area (Å²) >= 11 is 0. The van der Waals surface area contributed by atoms with Crippen molar-refractivity contribution in [2.24, 2.45) is 5.92 Å². The maximum absolute atomic E-state index is 10.8. The van der Waals surface area contributed by atoms with E-state index in [0.29, 0.717) is 11.5 Å². The molecule has 0 heterocycles. The summed E-state index contributed by atoms with van der Waals surface area (Å²) in [4.78, 5) is 10.8. The number of allylic oxidation sites excluding steroid dienone is 1. The molecule has 1 saturated carbocycles. The fourth-order valence-electron chi connectivity index (χ4n) is 2.78. The first-order valence-corrected chi connectivity index (χ1v) is 7.60. The molecule has 0 aromatic carbocycles. The van der Waals surface area contributed by atoms with Gasteiger partial charge in [-0.1, -0.05) is 63.9 Å². The number of carboxylic acids is 1. The summed E-state index contributed by atoms with van der Waals surface area (Å²) in [5, 5.41) is 10.8. The Kier molecular flexibility index (Phi) is 7.79. The van der Waals surface area contributed by atoms with Crippen LogP contribution in [-0.2, 0) is 4.79 Å². The molecule has 1 fully saturated rings. The third kappa shape index (κ3) is 6.83. The Labute approximate surface area is 111 Å². The lowest BCUT2D eigenvalue weighted by atomic mass is 9.91. The molecule has 0 aromatic rings. The van der Waals surface area contributed by atoms with E-state index in [1.54, 1.807) is 6.92 Å². The summed E-state index contributed by atoms with van der Waals surface area (Å²) in [6.07, 6.45) is 16.1. The first-order chi connectivity index (χ1) is 8.70. The van der Waals surface area contributed by atoms with Gasteiger partial charge < -0.3 is 9.90 Å². The largest absolute Gasteiger partial charge is 0.545 e. The minimum atomic E-state index is -1.01. The molecule has 0 aliphatic heterocycles. The minimum Gasteiger partial charge on any atom is -0.545 e. The van der Waals surface area contributed by atoms with Crippen LogP contribution in [0.5, 0.6) is 0 Å². The summed E-state index contributed by atoms with van der Waals surface area (Å²) in [6.45, 7) is 1.66. The van der Waals surface area contributed by atoms with Crippen molar-refractivity contribution in [2.45, 2.75) is 77.6 Å². The number of hydrogen-bond donors (Lipinski definition) is 0. The third-order valence-electron chi connectivity index (χ3n) is 3.96. The molecule has 1 aliphatic carbocycles. The molecule has 0 spiro atoms. The predicted octanol–water partition coefficient (Wildman–Crippen LogP) is 3.60. The molecule has 0 amide bonds. The lowest BCUT2D eigenvalue weighted by molar-refractivity contribution is -0.299. The molecular formula is C16H27O2-. The van der Waals surface area contributed by atoms with Crippen molar-refractivity contribution in [1.29, 1.82) is 0 Å². The molecule has 2 nitrogen and oxygen atoms in total. The van der Waals surface area contributed by atoms with E-state index in [-0.39, 0.29) is 0 Å². The normalized spacial score (nSPS) is 21.9. The number of carbonyl (C=O) groups is 1. The van der Waals surface area contributed by atoms with Crippen molar-refractivity contribution in [3.8, 4) is 0 Å². The first kappa shape index (κ1) is 15.3. The molecule has 2 heteroatoms. The summed E-state index contributed by atoms with van der Waals surface area (Å²) < 4.78 is 0. The lowest BCUT2D eigenvalue weighted by Crippen LogP contribution is -2.23. The number of hydrogen-bond acceptors (Lipinski definition) is 2. The summed E-state index contributed by atoms with van der Waals surface area (Å²) in [7, 11) is 0. The fraction of sp³-hybridized carbons (Fsp3) is 0.812. The van der Waals surface area contributed by atoms with Gasteiger partial charge in [0.05, 0.1) is 5.97 Å². The smallest absolute Gasteiger partial charge is 0.0668 e. The van der Waals surface area contributed by atoms with Gasteiger partial charge in [0.25, 0.3) is 0 Å². The van der Waals surface area contributed by atoms with Crippen LogP contribution in [0.4, 0.5) is 0 Å². The standard InChI is InChI=1S/C16H28O2/c1-14(16(17)18)13-15-11-9-7-5-3-2-4-6-8-10-12-15/h13,15H,2-12H2,1H3,(H,17,18)/p-1/b14-13+. The molecule has 0 N–H and O–H groups in total. The van der Waals surface area contributed by atoms with E-state index in [9.17, 15) is 9.90 Å². The van der Waals surface area contributed by atoms with E-state index in [1.807, 2.05) is 6.08 Å². The molecule has 0 bridgehead atoms. The van der Waals surface area contributed by atoms with Crippen LogP contribution >= 0.6 is 0 Å². The second kappa shape index (κ2) is 9.18. The highest BCUT2D eigenvalue weighted by atomic mass is 16.4. The molecule has 0 unspecified atom stereocenters. The highest BCUT2D eigenvalue weighted by Crippen LogP contribution is 2.22. The van der Waals surface area contributed by atoms with Crippen molar-refractivity contribution < 1.29 is 9.90 Å². The van der Waals surface area contributed by atoms with Gasteiger partial charge in [-0.25, -0.2) is 0 Å². The van der Waals surface area contributed by atoms with Crippen LogP contribution in [0.15, 0.2) is 11.6 Å². The lowest BCUT2D eigenvalue weighted by Gasteiger charge is -2.16. The Morgan fingerprint density at radius 2 is 1.28 bits per heavy atom. The van der Waals surface area contributed by atoms with E-state index in [2.05, 4.69) is 0 Å². The SMILES string of the molecule is C/C(=C\C1CCCCCCCCCCC1)C(=O)[O-]. The maximum atomic E-state index is 10.8. The quantitative estimate of drug-likeness (QED) is 0.703. The van der Waals surface area contributed by atoms with Gasteiger partial charge >= 0.3 is 0 Å². The molecule has 0 saturated heterocycles. The van der Waals surface area contributed by atoms with Crippen LogP contribution in [0, 0.1) is 5.92 Å². The molecule has 0 radical (unpaired) electrons. The third-order valence-corrected chi connectivity index (χ3v) is 3.96. The molecule has 0 aromatic heterocycles. The zero-order chi connectivity index (χ0) is 13.2. The number of aliphatic carboxylic acids is 1. The molecular weight excluding hydrogens is 224 g/mol. The van der Waals surface area contributed by atoms with E-state index >= 15 is 0 Å². The zero-order valence-electron chi connectivity index (χ0n) is 11.7. The van der Waals surface area contributed by atoms with Crippen LogP contribution in [0.25, 0.3) is 0 Å². The van der Waals surface area contributed by atoms with Gasteiger partial charge in [-0.3, -0.25) is 0 Å². The van der Waals surface area contributed by atoms with Crippen LogP contribution in [0.1, 0.15) is 77.6 Å². The second-order valence-electron chi connectivity index (χ2n) is 5.66. The molecule has 18 heavy (non-hydrogen) atoms. The fourth-order valence-corrected chi connectivity index (χ4v) is 2.78. The van der Waals surface area contributed by atoms with Gasteiger partial charge in [0, 0.05) is 0 Å². The Morgan fingerprint density at radius 1 is 0.889 bits per heavy atom. The monoisotopic (exact) mass is 251 g/mol. The molecule has 1 aliphatic rings. The van der Waals surface area contributed by atoms with Gasteiger partial charge in [-0.2, -0.15) is 0 Å². The van der Waals surface area contributed by atoms with Crippen LogP contribution in [0.2, 0.25) is 0 Å². The Hall–Kier alpha value is -0.790. The van der Waals surface area contributed by atoms with Crippen LogP contribution in [0.3, 0.4) is 0 Å². The van der Waals surface area contributed by atoms with Crippen LogP contribution in [-0.4, -0.2) is 5.97 Å². The van der Waals surface area contributed by atoms with Gasteiger partial charge in [0.1, 0.15) is 0 Å². The van der Waals surface area contributed by atoms with Gasteiger partial charge in [-0.05, 0) is 31.3 Å². The van der Waals surface area contributed by atoms with Gasteiger partial charge in [0.15, 0.2) is 0 Å². The average molecular weight is 251 g/mol. The molecule has 104 valence electrons. The van der Waals surface area contributed by atoms with Gasteiger partial charge in [0.2, 0.25) is 0 Å². The molecule has 1 rings (SSSR count). The number of rotatable bonds is 2. The Balaban J connectivity index is 2.45. The number of carboxylic acid groups (broad SMARTS) is 1. The topological polar surface area (TPSA) is 40.1 Å². The highest BCUT2D eigenvalue weighted by molar-refractivity contribution is 5.83. The van der Waals surface area contributed by atoms with Gasteiger partial charge in [-0.15, -0.1) is 0 Å². The van der Waals surface area contributed by atoms with E-state index in [1.165, 1.54) is 57.8 Å². The predicted molar refractivity (Wildman–Crippen MR) is 73.0 cm³/mol. The van der Waals surface area contributed by atoms with E-state index in [0.717, 1.165) is 12.8 Å². The highest BCUT2D eigenvalue weighted by Gasteiger charge is 2.07. The number of carbonyl (C=O) groups excluding carboxylic acids is 1. The Bertz CT molecular complexity index is 256.